The Labute approximate surface area is 145 Å². The third-order valence-corrected chi connectivity index (χ3v) is 6.71. The quantitative estimate of drug-likeness (QED) is 0.760. The van der Waals surface area contributed by atoms with Crippen LogP contribution in [0.5, 0.6) is 0 Å². The summed E-state index contributed by atoms with van der Waals surface area (Å²) in [7, 11) is 9.18. The Morgan fingerprint density at radius 1 is 0.958 bits per heavy atom. The van der Waals surface area contributed by atoms with Crippen LogP contribution >= 0.6 is 0 Å². The minimum atomic E-state index is 0.702. The average Bonchev–Trinajstić information content (AvgIpc) is 3.15. The number of hydrogen-bond donors (Lipinski definition) is 0. The van der Waals surface area contributed by atoms with Gasteiger partial charge in [-0.05, 0) is 30.2 Å². The van der Waals surface area contributed by atoms with E-state index in [-0.39, 0.29) is 0 Å². The largest absolute Gasteiger partial charge is 0.351 e. The zero-order valence-corrected chi connectivity index (χ0v) is 15.4. The van der Waals surface area contributed by atoms with E-state index in [1.54, 1.807) is 0 Å². The van der Waals surface area contributed by atoms with Crippen LogP contribution < -0.4 is 0 Å². The predicted molar refractivity (Wildman–Crippen MR) is 99.5 cm³/mol. The molecule has 2 saturated heterocycles. The zero-order valence-electron chi connectivity index (χ0n) is 15.4. The highest BCUT2D eigenvalue weighted by molar-refractivity contribution is 5.77. The normalized spacial score (nSPS) is 28.1. The van der Waals surface area contributed by atoms with Crippen molar-refractivity contribution in [3.63, 3.8) is 0 Å². The molecule has 0 saturated carbocycles. The summed E-state index contributed by atoms with van der Waals surface area (Å²) in [6.07, 6.45) is 12.4. The molecule has 24 heavy (non-hydrogen) atoms. The molecule has 4 heterocycles. The second-order valence-electron chi connectivity index (χ2n) is 8.33. The van der Waals surface area contributed by atoms with E-state index in [0.29, 0.717) is 5.92 Å². The minimum absolute atomic E-state index is 0.702. The molecule has 0 radical (unpaired) electrons. The van der Waals surface area contributed by atoms with Crippen molar-refractivity contribution in [1.29, 1.82) is 0 Å². The number of allylic oxidation sites excluding steroid dienone is 1. The van der Waals surface area contributed by atoms with Gasteiger partial charge in [0.05, 0.1) is 26.2 Å². The number of quaternary nitrogens is 1. The first-order chi connectivity index (χ1) is 11.5. The van der Waals surface area contributed by atoms with Crippen molar-refractivity contribution < 1.29 is 4.48 Å². The molecular formula is C21H30N3+. The maximum atomic E-state index is 2.58. The van der Waals surface area contributed by atoms with Gasteiger partial charge in [-0.15, -0.1) is 0 Å². The number of aromatic nitrogens is 2. The minimum Gasteiger partial charge on any atom is -0.351 e. The van der Waals surface area contributed by atoms with Crippen molar-refractivity contribution in [1.82, 2.24) is 9.13 Å². The molecule has 2 aromatic heterocycles. The molecule has 2 aromatic rings. The fraction of sp³-hybridized carbons (Fsp3) is 0.524. The van der Waals surface area contributed by atoms with Crippen molar-refractivity contribution in [3.8, 4) is 0 Å². The van der Waals surface area contributed by atoms with Gasteiger partial charge in [0.15, 0.2) is 0 Å². The van der Waals surface area contributed by atoms with Gasteiger partial charge >= 0.3 is 0 Å². The van der Waals surface area contributed by atoms with E-state index in [1.807, 2.05) is 0 Å². The van der Waals surface area contributed by atoms with Gasteiger partial charge in [0, 0.05) is 69.1 Å². The predicted octanol–water partition coefficient (Wildman–Crippen LogP) is 3.81. The number of piperidine rings is 1. The van der Waals surface area contributed by atoms with E-state index in [9.17, 15) is 0 Å². The van der Waals surface area contributed by atoms with Gasteiger partial charge in [-0.3, -0.25) is 0 Å². The highest BCUT2D eigenvalue weighted by atomic mass is 15.4. The molecule has 0 amide bonds. The van der Waals surface area contributed by atoms with Gasteiger partial charge in [0.25, 0.3) is 0 Å². The number of nitrogens with zero attached hydrogens (tertiary/aromatic N) is 3. The Hall–Kier alpha value is -1.74. The van der Waals surface area contributed by atoms with Gasteiger partial charge in [0.1, 0.15) is 0 Å². The fourth-order valence-corrected chi connectivity index (χ4v) is 5.08. The molecule has 1 unspecified atom stereocenters. The van der Waals surface area contributed by atoms with E-state index >= 15 is 0 Å². The molecule has 0 aliphatic carbocycles. The molecule has 2 fully saturated rings. The Morgan fingerprint density at radius 3 is 1.88 bits per heavy atom. The lowest BCUT2D eigenvalue weighted by atomic mass is 9.87. The van der Waals surface area contributed by atoms with Crippen molar-refractivity contribution >= 4 is 5.57 Å². The maximum absolute atomic E-state index is 2.58. The summed E-state index contributed by atoms with van der Waals surface area (Å²) in [5, 5.41) is 0. The summed E-state index contributed by atoms with van der Waals surface area (Å²) in [6, 6.07) is 10.5. The summed E-state index contributed by atoms with van der Waals surface area (Å²) in [5.41, 5.74) is 4.04. The summed E-state index contributed by atoms with van der Waals surface area (Å²) < 4.78 is 5.74. The van der Waals surface area contributed by atoms with Gasteiger partial charge < -0.3 is 13.6 Å². The second kappa shape index (κ2) is 5.66. The number of fused-ring (bicyclic) bond motifs is 2. The van der Waals surface area contributed by atoms with E-state index in [2.05, 4.69) is 80.1 Å². The number of rotatable bonds is 3. The van der Waals surface area contributed by atoms with Crippen LogP contribution in [0.4, 0.5) is 0 Å². The molecule has 0 spiro atoms. The average molecular weight is 324 g/mol. The number of hydrogen-bond acceptors (Lipinski definition) is 0. The van der Waals surface area contributed by atoms with E-state index in [4.69, 9.17) is 0 Å². The Morgan fingerprint density at radius 2 is 1.46 bits per heavy atom. The lowest BCUT2D eigenvalue weighted by Crippen LogP contribution is -2.54. The van der Waals surface area contributed by atoms with E-state index in [0.717, 1.165) is 12.1 Å². The summed E-state index contributed by atoms with van der Waals surface area (Å²) in [5.74, 6) is 0.702. The number of aryl methyl sites for hydroxylation is 2. The summed E-state index contributed by atoms with van der Waals surface area (Å²) in [4.78, 5) is 0. The standard InChI is InChI=1S/C21H30N3/c1-22-11-5-7-20(22)19(21-8-6-12-23(21)2)15-16-13-17-9-10-18(14-16)24(17,3)4/h5-8,11-12,15-18H,9-10,13-14H2,1-4H3/q+1/t16?,17-,18+. The van der Waals surface area contributed by atoms with Gasteiger partial charge in [-0.25, -0.2) is 0 Å². The SMILES string of the molecule is Cn1cccc1C(=CC1C[C@H]2CC[C@@H](C1)[N+]2(C)C)c1cccn1C. The van der Waals surface area contributed by atoms with Gasteiger partial charge in [-0.1, -0.05) is 6.08 Å². The molecule has 0 aromatic carbocycles. The smallest absolute Gasteiger partial charge is 0.0896 e. The van der Waals surface area contributed by atoms with Gasteiger partial charge in [0.2, 0.25) is 0 Å². The maximum Gasteiger partial charge on any atom is 0.0896 e. The molecule has 3 nitrogen and oxygen atoms in total. The first-order valence-electron chi connectivity index (χ1n) is 9.25. The fourth-order valence-electron chi connectivity index (χ4n) is 5.08. The van der Waals surface area contributed by atoms with Crippen LogP contribution in [0.3, 0.4) is 0 Å². The van der Waals surface area contributed by atoms with Crippen LogP contribution in [-0.2, 0) is 14.1 Å². The highest BCUT2D eigenvalue weighted by Crippen LogP contribution is 2.43. The first kappa shape index (κ1) is 15.8. The van der Waals surface area contributed by atoms with Crippen LogP contribution in [-0.4, -0.2) is 39.8 Å². The lowest BCUT2D eigenvalue weighted by molar-refractivity contribution is -0.931. The third-order valence-electron chi connectivity index (χ3n) is 6.71. The zero-order chi connectivity index (χ0) is 16.9. The van der Waals surface area contributed by atoms with Gasteiger partial charge in [-0.2, -0.15) is 0 Å². The van der Waals surface area contributed by atoms with Crippen LogP contribution in [0, 0.1) is 5.92 Å². The van der Waals surface area contributed by atoms with Crippen molar-refractivity contribution in [2.75, 3.05) is 14.1 Å². The lowest BCUT2D eigenvalue weighted by Gasteiger charge is -2.44. The molecule has 128 valence electrons. The van der Waals surface area contributed by atoms with E-state index < -0.39 is 0 Å². The Kier molecular flexibility index (Phi) is 3.72. The monoisotopic (exact) mass is 324 g/mol. The van der Waals surface area contributed by atoms with Crippen LogP contribution in [0.15, 0.2) is 42.7 Å². The van der Waals surface area contributed by atoms with Crippen LogP contribution in [0.2, 0.25) is 0 Å². The second-order valence-corrected chi connectivity index (χ2v) is 8.33. The summed E-state index contributed by atoms with van der Waals surface area (Å²) >= 11 is 0. The van der Waals surface area contributed by atoms with Crippen LogP contribution in [0.25, 0.3) is 5.57 Å². The Bertz CT molecular complexity index is 703. The highest BCUT2D eigenvalue weighted by Gasteiger charge is 2.48. The van der Waals surface area contributed by atoms with E-state index in [1.165, 1.54) is 47.1 Å². The first-order valence-corrected chi connectivity index (χ1v) is 9.25. The van der Waals surface area contributed by atoms with Crippen molar-refractivity contribution in [2.45, 2.75) is 37.8 Å². The molecule has 3 atom stereocenters. The molecule has 4 rings (SSSR count). The Balaban J connectivity index is 1.71. The molecule has 3 heteroatoms. The summed E-state index contributed by atoms with van der Waals surface area (Å²) in [6.45, 7) is 0. The topological polar surface area (TPSA) is 9.86 Å². The molecule has 2 aliphatic heterocycles. The van der Waals surface area contributed by atoms with Crippen molar-refractivity contribution in [2.24, 2.45) is 20.0 Å². The van der Waals surface area contributed by atoms with Crippen LogP contribution in [0.1, 0.15) is 37.1 Å². The molecular weight excluding hydrogens is 294 g/mol. The van der Waals surface area contributed by atoms with Crippen molar-refractivity contribution in [3.05, 3.63) is 54.1 Å². The molecule has 0 N–H and O–H groups in total. The molecule has 2 bridgehead atoms. The third kappa shape index (κ3) is 2.46. The molecule has 2 aliphatic rings.